The maximum absolute atomic E-state index is 14.5. The standard InChI is InChI=1S/C38H37F5N4O2.C4H6O6/c1-3-45(4-2)21-22-46(24-26-9-11-27(12-10-26)28-13-17-30(18-14-28)38(41,42)43)36(48)25-47-34-8-6-5-7-32(34)37(49)44-35(47)20-16-29-15-19-31(39)23-33(29)40;5-1(3(7)8)2(6)4(9)10/h5-15,17-19,23H,3-4,16,20-22,24-25H2,1-2H3;1-2,5-6H,(H,7,8)(H,9,10). The molecule has 12 nitrogen and oxygen atoms in total. The van der Waals surface area contributed by atoms with Gasteiger partial charge in [0.05, 0.1) is 16.5 Å². The Hall–Kier alpha value is -6.04. The number of halogens is 5. The fourth-order valence-electron chi connectivity index (χ4n) is 6.08. The van der Waals surface area contributed by atoms with Gasteiger partial charge in [-0.05, 0) is 72.1 Å². The van der Waals surface area contributed by atoms with Crippen LogP contribution in [-0.2, 0) is 46.5 Å². The van der Waals surface area contributed by atoms with Crippen LogP contribution in [0.25, 0.3) is 22.0 Å². The van der Waals surface area contributed by atoms with Crippen molar-refractivity contribution in [1.82, 2.24) is 19.4 Å². The third kappa shape index (κ3) is 12.5. The summed E-state index contributed by atoms with van der Waals surface area (Å²) in [5, 5.41) is 32.9. The number of carbonyl (C=O) groups is 3. The molecule has 59 heavy (non-hydrogen) atoms. The lowest BCUT2D eigenvalue weighted by molar-refractivity contribution is -0.165. The molecule has 1 heterocycles. The van der Waals surface area contributed by atoms with E-state index in [1.165, 1.54) is 24.3 Å². The van der Waals surface area contributed by atoms with Gasteiger partial charge in [-0.25, -0.2) is 18.4 Å². The number of rotatable bonds is 16. The van der Waals surface area contributed by atoms with E-state index in [1.54, 1.807) is 33.7 Å². The highest BCUT2D eigenvalue weighted by molar-refractivity contribution is 5.83. The average Bonchev–Trinajstić information content (AvgIpc) is 3.21. The Kier molecular flexibility index (Phi) is 15.9. The van der Waals surface area contributed by atoms with Gasteiger partial charge in [-0.15, -0.1) is 0 Å². The number of aliphatic hydroxyl groups is 2. The molecule has 17 heteroatoms. The zero-order valence-electron chi connectivity index (χ0n) is 32.1. The highest BCUT2D eigenvalue weighted by atomic mass is 19.4. The third-order valence-corrected chi connectivity index (χ3v) is 9.51. The Morgan fingerprint density at radius 3 is 1.90 bits per heavy atom. The second-order valence-electron chi connectivity index (χ2n) is 13.4. The van der Waals surface area contributed by atoms with Crippen LogP contribution < -0.4 is 5.56 Å². The van der Waals surface area contributed by atoms with E-state index in [2.05, 4.69) is 9.88 Å². The number of fused-ring (bicyclic) bond motifs is 1. The minimum absolute atomic E-state index is 0.128. The first-order valence-corrected chi connectivity index (χ1v) is 18.4. The van der Waals surface area contributed by atoms with Crippen LogP contribution in [0.5, 0.6) is 0 Å². The number of nitrogens with zero attached hydrogens (tertiary/aromatic N) is 4. The van der Waals surface area contributed by atoms with E-state index in [-0.39, 0.29) is 37.4 Å². The van der Waals surface area contributed by atoms with Crippen LogP contribution >= 0.6 is 0 Å². The number of alkyl halides is 3. The Balaban J connectivity index is 0.000000680. The second kappa shape index (κ2) is 20.6. The first kappa shape index (κ1) is 45.7. The molecule has 1 amide bonds. The molecular formula is C42H43F5N4O8. The molecule has 2 unspecified atom stereocenters. The van der Waals surface area contributed by atoms with Gasteiger partial charge in [0.2, 0.25) is 5.91 Å². The summed E-state index contributed by atoms with van der Waals surface area (Å²) in [6.45, 7) is 6.89. The van der Waals surface area contributed by atoms with Gasteiger partial charge in [-0.3, -0.25) is 9.59 Å². The highest BCUT2D eigenvalue weighted by Gasteiger charge is 2.30. The number of hydrogen-bond acceptors (Lipinski definition) is 8. The molecular weight excluding hydrogens is 783 g/mol. The van der Waals surface area contributed by atoms with Crippen LogP contribution in [0.4, 0.5) is 22.0 Å². The number of para-hydroxylation sites is 1. The Morgan fingerprint density at radius 1 is 0.780 bits per heavy atom. The predicted molar refractivity (Wildman–Crippen MR) is 207 cm³/mol. The summed E-state index contributed by atoms with van der Waals surface area (Å²) in [5.41, 5.74) is 1.83. The van der Waals surface area contributed by atoms with Gasteiger partial charge >= 0.3 is 18.1 Å². The molecule has 4 N–H and O–H groups in total. The fraction of sp³-hybridized carbons (Fsp3) is 0.310. The normalized spacial score (nSPS) is 12.4. The van der Waals surface area contributed by atoms with Gasteiger partial charge < -0.3 is 34.8 Å². The molecule has 0 aliphatic carbocycles. The van der Waals surface area contributed by atoms with Crippen LogP contribution in [-0.4, -0.2) is 96.0 Å². The number of aromatic nitrogens is 2. The zero-order valence-corrected chi connectivity index (χ0v) is 32.1. The summed E-state index contributed by atoms with van der Waals surface area (Å²) in [6, 6.07) is 22.5. The number of likely N-dealkylation sites (N-methyl/N-ethyl adjacent to an activating group) is 1. The van der Waals surface area contributed by atoms with Crippen molar-refractivity contribution >= 4 is 28.7 Å². The number of amides is 1. The average molecular weight is 827 g/mol. The van der Waals surface area contributed by atoms with E-state index in [0.717, 1.165) is 42.4 Å². The van der Waals surface area contributed by atoms with Crippen LogP contribution in [0.15, 0.2) is 95.8 Å². The lowest BCUT2D eigenvalue weighted by Crippen LogP contribution is -2.40. The molecule has 4 aromatic carbocycles. The molecule has 314 valence electrons. The topological polar surface area (TPSA) is 174 Å². The van der Waals surface area contributed by atoms with Crippen molar-refractivity contribution in [3.05, 3.63) is 135 Å². The van der Waals surface area contributed by atoms with Gasteiger partial charge in [0.1, 0.15) is 24.0 Å². The molecule has 1 aromatic heterocycles. The molecule has 0 fully saturated rings. The lowest BCUT2D eigenvalue weighted by Gasteiger charge is -2.28. The smallest absolute Gasteiger partial charge is 0.416 e. The van der Waals surface area contributed by atoms with Crippen LogP contribution in [0.3, 0.4) is 0 Å². The largest absolute Gasteiger partial charge is 0.479 e. The molecule has 5 rings (SSSR count). The second-order valence-corrected chi connectivity index (χ2v) is 13.4. The molecule has 0 saturated heterocycles. The Bertz CT molecular complexity index is 2260. The van der Waals surface area contributed by atoms with Crippen LogP contribution in [0, 0.1) is 11.6 Å². The summed E-state index contributed by atoms with van der Waals surface area (Å²) < 4.78 is 68.8. The summed E-state index contributed by atoms with van der Waals surface area (Å²) in [4.78, 5) is 54.9. The minimum atomic E-state index is -4.41. The van der Waals surface area contributed by atoms with Gasteiger partial charge in [0.15, 0.2) is 12.2 Å². The number of carboxylic acids is 2. The quantitative estimate of drug-likeness (QED) is 0.0945. The van der Waals surface area contributed by atoms with Crippen molar-refractivity contribution in [1.29, 1.82) is 0 Å². The van der Waals surface area contributed by atoms with E-state index in [1.807, 2.05) is 38.1 Å². The number of carbonyl (C=O) groups excluding carboxylic acids is 1. The van der Waals surface area contributed by atoms with Crippen LogP contribution in [0.2, 0.25) is 0 Å². The van der Waals surface area contributed by atoms with E-state index >= 15 is 0 Å². The van der Waals surface area contributed by atoms with Gasteiger partial charge in [-0.2, -0.15) is 18.2 Å². The maximum Gasteiger partial charge on any atom is 0.416 e. The van der Waals surface area contributed by atoms with Crippen molar-refractivity contribution in [2.24, 2.45) is 0 Å². The number of aryl methyl sites for hydroxylation is 2. The molecule has 0 aliphatic rings. The summed E-state index contributed by atoms with van der Waals surface area (Å²) in [7, 11) is 0. The highest BCUT2D eigenvalue weighted by Crippen LogP contribution is 2.31. The maximum atomic E-state index is 14.5. The molecule has 0 aliphatic heterocycles. The van der Waals surface area contributed by atoms with Crippen LogP contribution in [0.1, 0.15) is 36.4 Å². The third-order valence-electron chi connectivity index (χ3n) is 9.51. The SMILES string of the molecule is CCN(CC)CCN(Cc1ccc(-c2ccc(C(F)(F)F)cc2)cc1)C(=O)Cn1c(CCc2ccc(F)cc2F)nc(=O)c2ccccc21.O=C(O)C(O)C(O)C(=O)O. The van der Waals surface area contributed by atoms with Crippen molar-refractivity contribution in [2.45, 2.75) is 58.2 Å². The molecule has 5 aromatic rings. The Morgan fingerprint density at radius 2 is 1.36 bits per heavy atom. The number of aliphatic hydroxyl groups excluding tert-OH is 2. The molecule has 0 radical (unpaired) electrons. The fourth-order valence-corrected chi connectivity index (χ4v) is 6.08. The van der Waals surface area contributed by atoms with Crippen molar-refractivity contribution in [3.63, 3.8) is 0 Å². The molecule has 0 bridgehead atoms. The molecule has 2 atom stereocenters. The summed E-state index contributed by atoms with van der Waals surface area (Å²) in [6.07, 6.45) is -8.67. The zero-order chi connectivity index (χ0) is 43.4. The predicted octanol–water partition coefficient (Wildman–Crippen LogP) is 5.39. The first-order chi connectivity index (χ1) is 27.9. The molecule has 0 saturated carbocycles. The number of carboxylic acid groups (broad SMARTS) is 2. The van der Waals surface area contributed by atoms with Gasteiger partial charge in [0.25, 0.3) is 5.56 Å². The van der Waals surface area contributed by atoms with E-state index in [0.29, 0.717) is 35.4 Å². The van der Waals surface area contributed by atoms with Crippen molar-refractivity contribution in [3.8, 4) is 11.1 Å². The molecule has 0 spiro atoms. The first-order valence-electron chi connectivity index (χ1n) is 18.4. The lowest BCUT2D eigenvalue weighted by atomic mass is 10.0. The summed E-state index contributed by atoms with van der Waals surface area (Å²) >= 11 is 0. The van der Waals surface area contributed by atoms with Crippen molar-refractivity contribution < 1.29 is 56.8 Å². The minimum Gasteiger partial charge on any atom is -0.479 e. The number of aliphatic carboxylic acids is 2. The van der Waals surface area contributed by atoms with Crippen molar-refractivity contribution in [2.75, 3.05) is 26.2 Å². The monoisotopic (exact) mass is 826 g/mol. The Labute approximate surface area is 335 Å². The summed E-state index contributed by atoms with van der Waals surface area (Å²) in [5.74, 6) is -4.83. The van der Waals surface area contributed by atoms with E-state index < -0.39 is 53.1 Å². The van der Waals surface area contributed by atoms with E-state index in [4.69, 9.17) is 20.4 Å². The number of hydrogen-bond donors (Lipinski definition) is 4. The van der Waals surface area contributed by atoms with Gasteiger partial charge in [0, 0.05) is 32.1 Å². The van der Waals surface area contributed by atoms with Gasteiger partial charge in [-0.1, -0.05) is 68.4 Å². The van der Waals surface area contributed by atoms with E-state index in [9.17, 15) is 41.1 Å². The number of benzene rings is 4.